The van der Waals surface area contributed by atoms with Crippen LogP contribution in [0.1, 0.15) is 43.4 Å². The van der Waals surface area contributed by atoms with Gasteiger partial charge in [0.1, 0.15) is 24.2 Å². The zero-order valence-electron chi connectivity index (χ0n) is 25.1. The molecule has 0 bridgehead atoms. The molecule has 0 fully saturated rings. The van der Waals surface area contributed by atoms with Crippen LogP contribution in [0, 0.1) is 5.92 Å². The van der Waals surface area contributed by atoms with Crippen LogP contribution in [0.5, 0.6) is 0 Å². The van der Waals surface area contributed by atoms with Gasteiger partial charge in [0.05, 0.1) is 12.8 Å². The fourth-order valence-electron chi connectivity index (χ4n) is 5.47. The number of rotatable bonds is 13. The lowest BCUT2D eigenvalue weighted by Gasteiger charge is -2.27. The van der Waals surface area contributed by atoms with E-state index in [0.29, 0.717) is 5.56 Å². The van der Waals surface area contributed by atoms with Crippen molar-refractivity contribution in [2.45, 2.75) is 70.1 Å². The van der Waals surface area contributed by atoms with Crippen molar-refractivity contribution >= 4 is 46.4 Å². The molecule has 2 heterocycles. The number of carbonyl (C=O) groups is 6. The molecule has 1 aliphatic rings. The number of hydrogen-bond acceptors (Lipinski definition) is 6. The van der Waals surface area contributed by atoms with E-state index >= 15 is 0 Å². The lowest BCUT2D eigenvalue weighted by molar-refractivity contribution is -0.141. The van der Waals surface area contributed by atoms with Gasteiger partial charge in [0.2, 0.25) is 29.5 Å². The monoisotopic (exact) mass is 618 g/mol. The van der Waals surface area contributed by atoms with Gasteiger partial charge >= 0.3 is 5.97 Å². The van der Waals surface area contributed by atoms with E-state index in [1.165, 1.54) is 0 Å². The zero-order valence-corrected chi connectivity index (χ0v) is 25.1. The molecular formula is C32H38N6O7. The lowest BCUT2D eigenvalue weighted by atomic mass is 9.95. The third-order valence-electron chi connectivity index (χ3n) is 7.59. The second-order valence-electron chi connectivity index (χ2n) is 11.7. The average Bonchev–Trinajstić information content (AvgIpc) is 3.38. The Hall–Kier alpha value is -5.20. The first kappa shape index (κ1) is 32.7. The number of benzene rings is 2. The average molecular weight is 619 g/mol. The molecule has 1 aliphatic heterocycles. The Morgan fingerprint density at radius 3 is 2.27 bits per heavy atom. The second-order valence-corrected chi connectivity index (χ2v) is 11.7. The van der Waals surface area contributed by atoms with Crippen LogP contribution >= 0.6 is 0 Å². The van der Waals surface area contributed by atoms with Gasteiger partial charge in [-0.15, -0.1) is 0 Å². The number of aromatic amines is 1. The van der Waals surface area contributed by atoms with Crippen LogP contribution < -0.4 is 27.0 Å². The Morgan fingerprint density at radius 2 is 1.60 bits per heavy atom. The number of amides is 5. The predicted molar refractivity (Wildman–Crippen MR) is 164 cm³/mol. The maximum Gasteiger partial charge on any atom is 0.305 e. The number of H-pyrrole nitrogens is 1. The maximum absolute atomic E-state index is 13.5. The molecule has 0 saturated heterocycles. The molecule has 3 aromatic rings. The molecule has 5 amide bonds. The van der Waals surface area contributed by atoms with E-state index in [1.54, 1.807) is 36.5 Å². The topological polar surface area (TPSA) is 213 Å². The van der Waals surface area contributed by atoms with Gasteiger partial charge in [-0.05, 0) is 35.1 Å². The number of nitrogens with one attached hydrogen (secondary N) is 5. The van der Waals surface area contributed by atoms with Crippen molar-refractivity contribution in [3.05, 3.63) is 71.4 Å². The smallest absolute Gasteiger partial charge is 0.305 e. The maximum atomic E-state index is 13.5. The molecule has 0 saturated carbocycles. The third kappa shape index (κ3) is 8.68. The van der Waals surface area contributed by atoms with E-state index in [1.807, 2.05) is 32.0 Å². The summed E-state index contributed by atoms with van der Waals surface area (Å²) in [4.78, 5) is 79.9. The minimum Gasteiger partial charge on any atom is -0.481 e. The Bertz CT molecular complexity index is 1590. The van der Waals surface area contributed by atoms with Crippen molar-refractivity contribution in [3.63, 3.8) is 0 Å². The van der Waals surface area contributed by atoms with Gasteiger partial charge < -0.3 is 37.1 Å². The zero-order chi connectivity index (χ0) is 32.7. The van der Waals surface area contributed by atoms with Gasteiger partial charge in [0.25, 0.3) is 0 Å². The van der Waals surface area contributed by atoms with Crippen molar-refractivity contribution in [2.24, 2.45) is 11.7 Å². The van der Waals surface area contributed by atoms with Gasteiger partial charge in [0, 0.05) is 29.9 Å². The highest BCUT2D eigenvalue weighted by atomic mass is 16.4. The van der Waals surface area contributed by atoms with Crippen LogP contribution in [0.25, 0.3) is 10.9 Å². The Morgan fingerprint density at radius 1 is 0.911 bits per heavy atom. The van der Waals surface area contributed by atoms with Gasteiger partial charge in [-0.25, -0.2) is 0 Å². The summed E-state index contributed by atoms with van der Waals surface area (Å²) in [6, 6.07) is 9.52. The minimum atomic E-state index is -1.56. The molecule has 4 atom stereocenters. The fraction of sp³-hybridized carbons (Fsp3) is 0.375. The molecule has 2 aromatic carbocycles. The molecule has 13 heteroatoms. The highest BCUT2D eigenvalue weighted by molar-refractivity contribution is 5.98. The van der Waals surface area contributed by atoms with Crippen LogP contribution in [0.15, 0.2) is 54.7 Å². The van der Waals surface area contributed by atoms with E-state index in [2.05, 4.69) is 26.3 Å². The first-order valence-electron chi connectivity index (χ1n) is 14.7. The molecule has 0 aliphatic carbocycles. The summed E-state index contributed by atoms with van der Waals surface area (Å²) < 4.78 is 0. The fourth-order valence-corrected chi connectivity index (χ4v) is 5.47. The second kappa shape index (κ2) is 14.5. The van der Waals surface area contributed by atoms with Crippen molar-refractivity contribution in [1.29, 1.82) is 0 Å². The Balaban J connectivity index is 1.49. The standard InChI is InChI=1S/C32H38N6O7/c1-17(2)11-23(37-31(44)24-13-20-16-34-21-10-6-9-19(28(20)21)14-26(39)35-24)30(43)38-25(15-27(40)41)32(45)36-22(29(33)42)12-18-7-4-3-5-8-18/h3-10,16-17,22-25,34H,11-15H2,1-2H3,(H2,33,42)(H,35,39)(H,36,45)(H,37,44)(H,38,43)(H,40,41). The molecule has 13 nitrogen and oxygen atoms in total. The number of carboxylic acid groups (broad SMARTS) is 1. The summed E-state index contributed by atoms with van der Waals surface area (Å²) in [5, 5.41) is 20.7. The third-order valence-corrected chi connectivity index (χ3v) is 7.59. The highest BCUT2D eigenvalue weighted by Crippen LogP contribution is 2.26. The number of aromatic nitrogens is 1. The summed E-state index contributed by atoms with van der Waals surface area (Å²) in [6.45, 7) is 3.67. The van der Waals surface area contributed by atoms with E-state index in [0.717, 1.165) is 22.0 Å². The number of nitrogens with two attached hydrogens (primary N) is 1. The van der Waals surface area contributed by atoms with Gasteiger partial charge in [-0.3, -0.25) is 28.8 Å². The van der Waals surface area contributed by atoms with Gasteiger partial charge in [-0.1, -0.05) is 56.3 Å². The van der Waals surface area contributed by atoms with Crippen molar-refractivity contribution in [1.82, 2.24) is 26.3 Å². The normalized spacial score (nSPS) is 16.4. The van der Waals surface area contributed by atoms with Crippen molar-refractivity contribution < 1.29 is 33.9 Å². The van der Waals surface area contributed by atoms with Crippen LogP contribution in [-0.4, -0.2) is 69.8 Å². The molecule has 1 aromatic heterocycles. The molecule has 4 rings (SSSR count). The lowest BCUT2D eigenvalue weighted by Crippen LogP contribution is -2.59. The summed E-state index contributed by atoms with van der Waals surface area (Å²) in [5.41, 5.74) is 8.73. The van der Waals surface area contributed by atoms with Gasteiger partial charge in [-0.2, -0.15) is 0 Å². The number of carboxylic acids is 1. The van der Waals surface area contributed by atoms with Gasteiger partial charge in [0.15, 0.2) is 0 Å². The van der Waals surface area contributed by atoms with E-state index in [-0.39, 0.29) is 37.5 Å². The number of aliphatic carboxylic acids is 1. The summed E-state index contributed by atoms with van der Waals surface area (Å²) in [5.74, 6) is -4.94. The van der Waals surface area contributed by atoms with E-state index in [4.69, 9.17) is 5.73 Å². The first-order valence-corrected chi connectivity index (χ1v) is 14.7. The highest BCUT2D eigenvalue weighted by Gasteiger charge is 2.33. The van der Waals surface area contributed by atoms with E-state index < -0.39 is 60.2 Å². The summed E-state index contributed by atoms with van der Waals surface area (Å²) in [7, 11) is 0. The van der Waals surface area contributed by atoms with Crippen LogP contribution in [0.2, 0.25) is 0 Å². The number of primary amides is 1. The van der Waals surface area contributed by atoms with Crippen molar-refractivity contribution in [2.75, 3.05) is 0 Å². The first-order chi connectivity index (χ1) is 21.4. The molecule has 238 valence electrons. The Kier molecular flexibility index (Phi) is 10.6. The molecule has 45 heavy (non-hydrogen) atoms. The quantitative estimate of drug-likeness (QED) is 0.144. The summed E-state index contributed by atoms with van der Waals surface area (Å²) in [6.07, 6.45) is 1.48. The largest absolute Gasteiger partial charge is 0.481 e. The van der Waals surface area contributed by atoms with Crippen LogP contribution in [-0.2, 0) is 48.0 Å². The number of carbonyl (C=O) groups excluding carboxylic acids is 5. The molecule has 4 unspecified atom stereocenters. The molecule has 0 spiro atoms. The molecular weight excluding hydrogens is 580 g/mol. The molecule has 8 N–H and O–H groups in total. The van der Waals surface area contributed by atoms with Crippen LogP contribution in [0.3, 0.4) is 0 Å². The van der Waals surface area contributed by atoms with Crippen LogP contribution in [0.4, 0.5) is 0 Å². The number of hydrogen-bond donors (Lipinski definition) is 7. The Labute approximate surface area is 259 Å². The summed E-state index contributed by atoms with van der Waals surface area (Å²) >= 11 is 0. The minimum absolute atomic E-state index is 0.0622. The predicted octanol–water partition coefficient (Wildman–Crippen LogP) is 0.455. The van der Waals surface area contributed by atoms with Crippen molar-refractivity contribution in [3.8, 4) is 0 Å². The van der Waals surface area contributed by atoms with E-state index in [9.17, 15) is 33.9 Å². The SMILES string of the molecule is CC(C)CC(NC(=O)C1Cc2c[nH]c3cccc(c23)CC(=O)N1)C(=O)NC(CC(=O)O)C(=O)NC(Cc1ccccc1)C(N)=O. The molecule has 0 radical (unpaired) electrons.